The number of thiophene rings is 1. The van der Waals surface area contributed by atoms with Gasteiger partial charge in [-0.3, -0.25) is 4.79 Å². The van der Waals surface area contributed by atoms with Crippen LogP contribution in [0.1, 0.15) is 40.5 Å². The normalized spacial score (nSPS) is 11.2. The number of rotatable bonds is 6. The van der Waals surface area contributed by atoms with E-state index in [9.17, 15) is 4.79 Å². The molecule has 3 heterocycles. The Bertz CT molecular complexity index is 858. The van der Waals surface area contributed by atoms with Gasteiger partial charge >= 0.3 is 0 Å². The second-order valence-electron chi connectivity index (χ2n) is 6.70. The fraction of sp³-hybridized carbons (Fsp3) is 0.368. The van der Waals surface area contributed by atoms with Gasteiger partial charge in [-0.1, -0.05) is 19.9 Å². The summed E-state index contributed by atoms with van der Waals surface area (Å²) in [5.41, 5.74) is 2.79. The summed E-state index contributed by atoms with van der Waals surface area (Å²) in [7, 11) is 0. The lowest BCUT2D eigenvalue weighted by molar-refractivity contribution is 0.102. The molecule has 0 fully saturated rings. The van der Waals surface area contributed by atoms with Crippen molar-refractivity contribution in [1.82, 2.24) is 14.3 Å². The molecule has 132 valence electrons. The van der Waals surface area contributed by atoms with Crippen molar-refractivity contribution in [1.29, 1.82) is 0 Å². The monoisotopic (exact) mass is 356 g/mol. The molecule has 3 aromatic rings. The number of hydrogen-bond donors (Lipinski definition) is 1. The molecule has 0 unspecified atom stereocenters. The molecule has 0 radical (unpaired) electrons. The van der Waals surface area contributed by atoms with Crippen LogP contribution in [0.15, 0.2) is 35.8 Å². The summed E-state index contributed by atoms with van der Waals surface area (Å²) in [6.45, 7) is 9.88. The topological polar surface area (TPSA) is 51.9 Å². The van der Waals surface area contributed by atoms with Crippen molar-refractivity contribution in [2.45, 2.75) is 40.8 Å². The SMILES string of the molecule is Cc1cc(C(=O)Nc2ccnn2CC(C)C)c(C)n1Cc1cccs1. The van der Waals surface area contributed by atoms with Crippen LogP contribution in [0.3, 0.4) is 0 Å². The van der Waals surface area contributed by atoms with Crippen LogP contribution in [-0.2, 0) is 13.1 Å². The number of aromatic nitrogens is 3. The largest absolute Gasteiger partial charge is 0.343 e. The number of nitrogens with one attached hydrogen (secondary N) is 1. The molecule has 3 aromatic heterocycles. The quantitative estimate of drug-likeness (QED) is 0.715. The molecule has 3 rings (SSSR count). The van der Waals surface area contributed by atoms with Crippen molar-refractivity contribution in [3.63, 3.8) is 0 Å². The smallest absolute Gasteiger partial charge is 0.258 e. The first-order valence-corrected chi connectivity index (χ1v) is 9.36. The molecule has 1 amide bonds. The van der Waals surface area contributed by atoms with Gasteiger partial charge < -0.3 is 9.88 Å². The zero-order chi connectivity index (χ0) is 18.0. The van der Waals surface area contributed by atoms with Crippen molar-refractivity contribution in [3.8, 4) is 0 Å². The minimum absolute atomic E-state index is 0.0870. The van der Waals surface area contributed by atoms with Crippen LogP contribution in [0.5, 0.6) is 0 Å². The van der Waals surface area contributed by atoms with E-state index in [0.717, 1.165) is 30.3 Å². The van der Waals surface area contributed by atoms with Gasteiger partial charge in [0.2, 0.25) is 0 Å². The third kappa shape index (κ3) is 3.85. The van der Waals surface area contributed by atoms with E-state index in [1.54, 1.807) is 17.5 Å². The Morgan fingerprint density at radius 2 is 2.12 bits per heavy atom. The van der Waals surface area contributed by atoms with Crippen LogP contribution in [0.2, 0.25) is 0 Å². The van der Waals surface area contributed by atoms with E-state index in [0.29, 0.717) is 11.5 Å². The zero-order valence-electron chi connectivity index (χ0n) is 15.1. The first-order chi connectivity index (χ1) is 12.0. The standard InChI is InChI=1S/C19H24N4OS/c1-13(2)11-23-18(7-8-20-23)21-19(24)17-10-14(3)22(15(17)4)12-16-6-5-9-25-16/h5-10,13H,11-12H2,1-4H3,(H,21,24). The highest BCUT2D eigenvalue weighted by atomic mass is 32.1. The first-order valence-electron chi connectivity index (χ1n) is 8.48. The molecule has 6 heteroatoms. The summed E-state index contributed by atoms with van der Waals surface area (Å²) in [5, 5.41) is 9.38. The molecule has 0 aromatic carbocycles. The summed E-state index contributed by atoms with van der Waals surface area (Å²) in [6.07, 6.45) is 1.72. The number of carbonyl (C=O) groups is 1. The lowest BCUT2D eigenvalue weighted by Gasteiger charge is -2.11. The number of anilines is 1. The second kappa shape index (κ2) is 7.27. The third-order valence-electron chi connectivity index (χ3n) is 4.21. The fourth-order valence-corrected chi connectivity index (χ4v) is 3.64. The number of carbonyl (C=O) groups excluding carboxylic acids is 1. The molecule has 0 atom stereocenters. The van der Waals surface area contributed by atoms with Crippen LogP contribution in [-0.4, -0.2) is 20.3 Å². The highest BCUT2D eigenvalue weighted by Gasteiger charge is 2.17. The van der Waals surface area contributed by atoms with Crippen molar-refractivity contribution < 1.29 is 4.79 Å². The number of hydrogen-bond acceptors (Lipinski definition) is 3. The minimum Gasteiger partial charge on any atom is -0.343 e. The van der Waals surface area contributed by atoms with E-state index < -0.39 is 0 Å². The summed E-state index contributed by atoms with van der Waals surface area (Å²) in [5.74, 6) is 1.12. The maximum Gasteiger partial charge on any atom is 0.258 e. The van der Waals surface area contributed by atoms with Gasteiger partial charge in [0.25, 0.3) is 5.91 Å². The maximum absolute atomic E-state index is 12.8. The van der Waals surface area contributed by atoms with E-state index in [2.05, 4.69) is 46.3 Å². The van der Waals surface area contributed by atoms with Crippen LogP contribution >= 0.6 is 11.3 Å². The van der Waals surface area contributed by atoms with Crippen molar-refractivity contribution >= 4 is 23.1 Å². The van der Waals surface area contributed by atoms with Gasteiger partial charge in [-0.05, 0) is 37.3 Å². The second-order valence-corrected chi connectivity index (χ2v) is 7.73. The molecule has 0 saturated carbocycles. The summed E-state index contributed by atoms with van der Waals surface area (Å²) in [4.78, 5) is 14.1. The van der Waals surface area contributed by atoms with Crippen molar-refractivity contribution in [2.75, 3.05) is 5.32 Å². The number of amides is 1. The van der Waals surface area contributed by atoms with Gasteiger partial charge in [-0.2, -0.15) is 5.10 Å². The van der Waals surface area contributed by atoms with Gasteiger partial charge in [0.1, 0.15) is 5.82 Å². The van der Waals surface area contributed by atoms with Gasteiger partial charge in [-0.25, -0.2) is 4.68 Å². The molecule has 1 N–H and O–H groups in total. The molecule has 25 heavy (non-hydrogen) atoms. The minimum atomic E-state index is -0.0870. The average molecular weight is 356 g/mol. The van der Waals surface area contributed by atoms with Gasteiger partial charge in [0.05, 0.1) is 18.3 Å². The Labute approximate surface area is 152 Å². The van der Waals surface area contributed by atoms with Crippen LogP contribution in [0.25, 0.3) is 0 Å². The van der Waals surface area contributed by atoms with E-state index in [1.165, 1.54) is 4.88 Å². The molecule has 0 aliphatic carbocycles. The van der Waals surface area contributed by atoms with Crippen molar-refractivity contribution in [2.24, 2.45) is 5.92 Å². The van der Waals surface area contributed by atoms with Crippen LogP contribution in [0, 0.1) is 19.8 Å². The molecular weight excluding hydrogens is 332 g/mol. The molecule has 0 saturated heterocycles. The van der Waals surface area contributed by atoms with E-state index in [1.807, 2.05) is 30.7 Å². The lowest BCUT2D eigenvalue weighted by Crippen LogP contribution is -2.18. The average Bonchev–Trinajstić information content (AvgIpc) is 3.26. The molecule has 0 aliphatic heterocycles. The van der Waals surface area contributed by atoms with Crippen molar-refractivity contribution in [3.05, 3.63) is 57.7 Å². The summed E-state index contributed by atoms with van der Waals surface area (Å²) >= 11 is 1.73. The molecule has 0 bridgehead atoms. The van der Waals surface area contributed by atoms with Gasteiger partial charge in [-0.15, -0.1) is 11.3 Å². The molecule has 0 aliphatic rings. The Morgan fingerprint density at radius 1 is 1.32 bits per heavy atom. The molecular formula is C19H24N4OS. The molecule has 5 nitrogen and oxygen atoms in total. The third-order valence-corrected chi connectivity index (χ3v) is 5.07. The summed E-state index contributed by atoms with van der Waals surface area (Å²) < 4.78 is 4.03. The number of nitrogens with zero attached hydrogens (tertiary/aromatic N) is 3. The maximum atomic E-state index is 12.8. The highest BCUT2D eigenvalue weighted by molar-refractivity contribution is 7.09. The fourth-order valence-electron chi connectivity index (χ4n) is 2.95. The summed E-state index contributed by atoms with van der Waals surface area (Å²) in [6, 6.07) is 7.97. The zero-order valence-corrected chi connectivity index (χ0v) is 15.9. The van der Waals surface area contributed by atoms with E-state index >= 15 is 0 Å². The number of aryl methyl sites for hydroxylation is 1. The highest BCUT2D eigenvalue weighted by Crippen LogP contribution is 2.20. The first kappa shape index (κ1) is 17.5. The predicted octanol–water partition coefficient (Wildman–Crippen LogP) is 4.32. The van der Waals surface area contributed by atoms with Gasteiger partial charge in [0, 0.05) is 28.9 Å². The Hall–Kier alpha value is -2.34. The Kier molecular flexibility index (Phi) is 5.08. The Balaban J connectivity index is 1.80. The lowest BCUT2D eigenvalue weighted by atomic mass is 10.2. The van der Waals surface area contributed by atoms with Gasteiger partial charge in [0.15, 0.2) is 0 Å². The van der Waals surface area contributed by atoms with E-state index in [4.69, 9.17) is 0 Å². The van der Waals surface area contributed by atoms with Crippen LogP contribution in [0.4, 0.5) is 5.82 Å². The predicted molar refractivity (Wildman–Crippen MR) is 102 cm³/mol. The Morgan fingerprint density at radius 3 is 2.80 bits per heavy atom. The van der Waals surface area contributed by atoms with E-state index in [-0.39, 0.29) is 5.91 Å². The molecule has 0 spiro atoms. The van der Waals surface area contributed by atoms with Crippen LogP contribution < -0.4 is 5.32 Å².